The number of halogens is 1. The van der Waals surface area contributed by atoms with Gasteiger partial charge in [0.15, 0.2) is 5.12 Å². The first-order chi connectivity index (χ1) is 8.49. The molecule has 18 heavy (non-hydrogen) atoms. The number of hydrogen-bond acceptors (Lipinski definition) is 3. The highest BCUT2D eigenvalue weighted by Gasteiger charge is 2.32. The lowest BCUT2D eigenvalue weighted by Crippen LogP contribution is -2.25. The number of benzene rings is 1. The molecule has 0 spiro atoms. The van der Waals surface area contributed by atoms with Crippen molar-refractivity contribution in [2.75, 3.05) is 11.4 Å². The maximum Gasteiger partial charge on any atom is 0.228 e. The van der Waals surface area contributed by atoms with Crippen molar-refractivity contribution in [2.45, 2.75) is 25.5 Å². The lowest BCUT2D eigenvalue weighted by Gasteiger charge is -2.19. The summed E-state index contributed by atoms with van der Waals surface area (Å²) < 4.78 is 0. The van der Waals surface area contributed by atoms with Gasteiger partial charge in [0.2, 0.25) is 5.91 Å². The Morgan fingerprint density at radius 2 is 2.22 bits per heavy atom. The maximum atomic E-state index is 12.0. The highest BCUT2D eigenvalue weighted by atomic mass is 35.5. The molecule has 0 aromatic heterocycles. The SMILES string of the molecule is CC(=O)SC1CC(=O)N(c2cccc(Cl)c2C)C1. The van der Waals surface area contributed by atoms with Gasteiger partial charge in [0.05, 0.1) is 0 Å². The number of anilines is 1. The van der Waals surface area contributed by atoms with E-state index in [-0.39, 0.29) is 16.3 Å². The molecule has 1 heterocycles. The van der Waals surface area contributed by atoms with Gasteiger partial charge in [-0.2, -0.15) is 0 Å². The Morgan fingerprint density at radius 1 is 1.50 bits per heavy atom. The van der Waals surface area contributed by atoms with E-state index in [1.807, 2.05) is 25.1 Å². The Hall–Kier alpha value is -1.00. The molecule has 1 saturated heterocycles. The van der Waals surface area contributed by atoms with Gasteiger partial charge in [0.1, 0.15) is 0 Å². The van der Waals surface area contributed by atoms with Gasteiger partial charge >= 0.3 is 0 Å². The van der Waals surface area contributed by atoms with Crippen LogP contribution < -0.4 is 4.90 Å². The fourth-order valence-electron chi connectivity index (χ4n) is 2.11. The molecule has 1 aliphatic heterocycles. The Morgan fingerprint density at radius 3 is 2.89 bits per heavy atom. The second-order valence-corrected chi connectivity index (χ2v) is 6.21. The van der Waals surface area contributed by atoms with Crippen molar-refractivity contribution >= 4 is 40.1 Å². The lowest BCUT2D eigenvalue weighted by atomic mass is 10.2. The number of carbonyl (C=O) groups is 2. The number of hydrogen-bond donors (Lipinski definition) is 0. The van der Waals surface area contributed by atoms with Crippen molar-refractivity contribution in [3.05, 3.63) is 28.8 Å². The summed E-state index contributed by atoms with van der Waals surface area (Å²) in [5.41, 5.74) is 1.75. The van der Waals surface area contributed by atoms with Crippen LogP contribution in [0.5, 0.6) is 0 Å². The summed E-state index contributed by atoms with van der Waals surface area (Å²) in [7, 11) is 0. The number of thioether (sulfide) groups is 1. The third-order valence-electron chi connectivity index (χ3n) is 2.95. The molecule has 0 aliphatic carbocycles. The van der Waals surface area contributed by atoms with Gasteiger partial charge in [-0.1, -0.05) is 29.4 Å². The molecular formula is C13H14ClNO2S. The maximum absolute atomic E-state index is 12.0. The zero-order valence-electron chi connectivity index (χ0n) is 10.3. The molecule has 2 rings (SSSR count). The molecule has 1 aliphatic rings. The summed E-state index contributed by atoms with van der Waals surface area (Å²) in [5, 5.41) is 0.758. The molecule has 1 fully saturated rings. The first-order valence-electron chi connectivity index (χ1n) is 5.71. The topological polar surface area (TPSA) is 37.4 Å². The van der Waals surface area contributed by atoms with Crippen molar-refractivity contribution in [1.82, 2.24) is 0 Å². The molecule has 1 unspecified atom stereocenters. The van der Waals surface area contributed by atoms with Crippen LogP contribution in [-0.2, 0) is 9.59 Å². The Labute approximate surface area is 115 Å². The number of nitrogens with zero attached hydrogens (tertiary/aromatic N) is 1. The van der Waals surface area contributed by atoms with Crippen molar-refractivity contribution in [1.29, 1.82) is 0 Å². The second-order valence-electron chi connectivity index (χ2n) is 4.32. The molecule has 0 saturated carbocycles. The van der Waals surface area contributed by atoms with Crippen LogP contribution in [0.2, 0.25) is 5.02 Å². The highest BCUT2D eigenvalue weighted by Crippen LogP contribution is 2.32. The van der Waals surface area contributed by atoms with E-state index in [0.29, 0.717) is 18.0 Å². The minimum Gasteiger partial charge on any atom is -0.311 e. The molecule has 0 radical (unpaired) electrons. The van der Waals surface area contributed by atoms with E-state index < -0.39 is 0 Å². The number of rotatable bonds is 2. The van der Waals surface area contributed by atoms with Gasteiger partial charge in [-0.15, -0.1) is 0 Å². The summed E-state index contributed by atoms with van der Waals surface area (Å²) in [6.45, 7) is 4.00. The predicted molar refractivity (Wildman–Crippen MR) is 75.2 cm³/mol. The molecule has 5 heteroatoms. The molecule has 96 valence electrons. The predicted octanol–water partition coefficient (Wildman–Crippen LogP) is 3.03. The Bertz CT molecular complexity index is 504. The summed E-state index contributed by atoms with van der Waals surface area (Å²) in [4.78, 5) is 24.8. The first-order valence-corrected chi connectivity index (χ1v) is 6.97. The quantitative estimate of drug-likeness (QED) is 0.837. The van der Waals surface area contributed by atoms with Crippen LogP contribution in [0, 0.1) is 6.92 Å². The van der Waals surface area contributed by atoms with Crippen LogP contribution in [0.15, 0.2) is 18.2 Å². The summed E-state index contributed by atoms with van der Waals surface area (Å²) in [6.07, 6.45) is 0.413. The summed E-state index contributed by atoms with van der Waals surface area (Å²) >= 11 is 7.30. The Balaban J connectivity index is 2.22. The normalized spacial score (nSPS) is 19.4. The van der Waals surface area contributed by atoms with Gasteiger partial charge < -0.3 is 4.90 Å². The monoisotopic (exact) mass is 283 g/mol. The molecule has 1 aromatic rings. The molecule has 1 atom stereocenters. The minimum atomic E-state index is 0.0494. The highest BCUT2D eigenvalue weighted by molar-refractivity contribution is 8.14. The van der Waals surface area contributed by atoms with Crippen LogP contribution in [0.3, 0.4) is 0 Å². The first kappa shape index (κ1) is 13.4. The zero-order valence-corrected chi connectivity index (χ0v) is 11.8. The van der Waals surface area contributed by atoms with E-state index in [4.69, 9.17) is 11.6 Å². The van der Waals surface area contributed by atoms with E-state index in [1.165, 1.54) is 18.7 Å². The van der Waals surface area contributed by atoms with Crippen LogP contribution in [-0.4, -0.2) is 22.8 Å². The molecule has 3 nitrogen and oxygen atoms in total. The van der Waals surface area contributed by atoms with E-state index >= 15 is 0 Å². The van der Waals surface area contributed by atoms with E-state index in [0.717, 1.165) is 11.3 Å². The van der Waals surface area contributed by atoms with Gasteiger partial charge in [-0.25, -0.2) is 0 Å². The molecular weight excluding hydrogens is 270 g/mol. The van der Waals surface area contributed by atoms with E-state index in [9.17, 15) is 9.59 Å². The van der Waals surface area contributed by atoms with E-state index in [2.05, 4.69) is 0 Å². The smallest absolute Gasteiger partial charge is 0.228 e. The third kappa shape index (κ3) is 2.70. The van der Waals surface area contributed by atoms with Gasteiger partial charge in [0, 0.05) is 35.8 Å². The molecule has 0 N–H and O–H groups in total. The molecule has 1 amide bonds. The molecule has 1 aromatic carbocycles. The Kier molecular flexibility index (Phi) is 3.97. The summed E-state index contributed by atoms with van der Waals surface area (Å²) in [5.74, 6) is 0.0547. The van der Waals surface area contributed by atoms with Crippen molar-refractivity contribution in [3.63, 3.8) is 0 Å². The number of amides is 1. The lowest BCUT2D eigenvalue weighted by molar-refractivity contribution is -0.117. The second kappa shape index (κ2) is 5.33. The summed E-state index contributed by atoms with van der Waals surface area (Å²) in [6, 6.07) is 5.53. The van der Waals surface area contributed by atoms with Crippen molar-refractivity contribution in [2.24, 2.45) is 0 Å². The molecule has 0 bridgehead atoms. The van der Waals surface area contributed by atoms with Crippen molar-refractivity contribution < 1.29 is 9.59 Å². The fourth-order valence-corrected chi connectivity index (χ4v) is 3.20. The van der Waals surface area contributed by atoms with Gasteiger partial charge in [-0.3, -0.25) is 9.59 Å². The van der Waals surface area contributed by atoms with Gasteiger partial charge in [-0.05, 0) is 24.6 Å². The standard InChI is InChI=1S/C13H14ClNO2S/c1-8-11(14)4-3-5-12(8)15-7-10(6-13(15)17)18-9(2)16/h3-5,10H,6-7H2,1-2H3. The van der Waals surface area contributed by atoms with Gasteiger partial charge in [0.25, 0.3) is 0 Å². The largest absolute Gasteiger partial charge is 0.311 e. The van der Waals surface area contributed by atoms with Crippen LogP contribution in [0.4, 0.5) is 5.69 Å². The van der Waals surface area contributed by atoms with Crippen LogP contribution >= 0.6 is 23.4 Å². The average Bonchev–Trinajstić information content (AvgIpc) is 2.62. The van der Waals surface area contributed by atoms with Crippen molar-refractivity contribution in [3.8, 4) is 0 Å². The van der Waals surface area contributed by atoms with Crippen LogP contribution in [0.25, 0.3) is 0 Å². The fraction of sp³-hybridized carbons (Fsp3) is 0.385. The minimum absolute atomic E-state index is 0.0494. The average molecular weight is 284 g/mol. The third-order valence-corrected chi connectivity index (χ3v) is 4.34. The van der Waals surface area contributed by atoms with E-state index in [1.54, 1.807) is 4.90 Å². The zero-order chi connectivity index (χ0) is 13.3. The number of carbonyl (C=O) groups excluding carboxylic acids is 2. The van der Waals surface area contributed by atoms with Crippen LogP contribution in [0.1, 0.15) is 18.9 Å².